The van der Waals surface area contributed by atoms with Crippen molar-refractivity contribution < 1.29 is 18.6 Å². The van der Waals surface area contributed by atoms with Crippen LogP contribution in [0.4, 0.5) is 5.69 Å². The van der Waals surface area contributed by atoms with Crippen LogP contribution < -0.4 is 25.6 Å². The van der Waals surface area contributed by atoms with Crippen molar-refractivity contribution in [2.75, 3.05) is 31.0 Å². The minimum Gasteiger partial charge on any atom is -0.354 e. The van der Waals surface area contributed by atoms with Gasteiger partial charge in [0.2, 0.25) is 5.91 Å². The Morgan fingerprint density at radius 1 is 0.854 bits per heavy atom. The fraction of sp³-hybridized carbons (Fsp3) is 0.323. The lowest BCUT2D eigenvalue weighted by atomic mass is 10.1. The number of carbonyl (C=O) groups is 3. The summed E-state index contributed by atoms with van der Waals surface area (Å²) in [6.45, 7) is 3.50. The molecule has 9 nitrogen and oxygen atoms in total. The van der Waals surface area contributed by atoms with Crippen LogP contribution in [-0.4, -0.2) is 54.7 Å². The molecule has 1 unspecified atom stereocenters. The van der Waals surface area contributed by atoms with Crippen LogP contribution in [0.2, 0.25) is 0 Å². The van der Waals surface area contributed by atoms with E-state index in [-0.39, 0.29) is 41.4 Å². The number of carbonyl (C=O) groups excluding carboxylic acids is 3. The molecule has 0 aliphatic heterocycles. The van der Waals surface area contributed by atoms with Gasteiger partial charge in [-0.1, -0.05) is 48.5 Å². The molecule has 3 aromatic rings. The summed E-state index contributed by atoms with van der Waals surface area (Å²) in [5, 5.41) is 11.8. The van der Waals surface area contributed by atoms with Crippen molar-refractivity contribution in [2.24, 2.45) is 5.92 Å². The molecule has 10 heteroatoms. The summed E-state index contributed by atoms with van der Waals surface area (Å²) in [5.74, 6) is -0.181. The molecule has 3 amide bonds. The summed E-state index contributed by atoms with van der Waals surface area (Å²) in [7, 11) is 0.107. The summed E-state index contributed by atoms with van der Waals surface area (Å²) < 4.78 is 14.8. The first-order valence-corrected chi connectivity index (χ1v) is 14.9. The van der Waals surface area contributed by atoms with E-state index in [4.69, 9.17) is 0 Å². The second-order valence-electron chi connectivity index (χ2n) is 10.1. The molecule has 0 saturated heterocycles. The summed E-state index contributed by atoms with van der Waals surface area (Å²) in [6, 6.07) is 22.9. The third-order valence-corrected chi connectivity index (χ3v) is 8.20. The highest BCUT2D eigenvalue weighted by molar-refractivity contribution is 7.86. The Bertz CT molecular complexity index is 1370. The molecule has 0 spiro atoms. The first-order chi connectivity index (χ1) is 19.8. The van der Waals surface area contributed by atoms with Crippen LogP contribution in [0.15, 0.2) is 83.8 Å². The smallest absolute Gasteiger partial charge is 0.251 e. The van der Waals surface area contributed by atoms with Crippen molar-refractivity contribution in [2.45, 2.75) is 37.2 Å². The molecular weight excluding hydrogens is 538 g/mol. The van der Waals surface area contributed by atoms with Crippen molar-refractivity contribution in [3.63, 3.8) is 0 Å². The lowest BCUT2D eigenvalue weighted by Gasteiger charge is -2.20. The molecule has 41 heavy (non-hydrogen) atoms. The molecular formula is C31H37N5O4S. The van der Waals surface area contributed by atoms with Crippen LogP contribution in [0.25, 0.3) is 0 Å². The fourth-order valence-electron chi connectivity index (χ4n) is 4.11. The van der Waals surface area contributed by atoms with Gasteiger partial charge in [-0.3, -0.25) is 18.7 Å². The Morgan fingerprint density at radius 2 is 1.46 bits per heavy atom. The lowest BCUT2D eigenvalue weighted by molar-refractivity contribution is -0.122. The maximum Gasteiger partial charge on any atom is 0.251 e. The topological polar surface area (TPSA) is 120 Å². The number of nitrogens with one attached hydrogen (secondary N) is 4. The van der Waals surface area contributed by atoms with Gasteiger partial charge in [0.25, 0.3) is 11.8 Å². The first-order valence-electron chi connectivity index (χ1n) is 13.8. The first kappa shape index (κ1) is 30.0. The summed E-state index contributed by atoms with van der Waals surface area (Å²) >= 11 is 0. The predicted molar refractivity (Wildman–Crippen MR) is 161 cm³/mol. The van der Waals surface area contributed by atoms with Crippen LogP contribution in [0.3, 0.4) is 0 Å². The molecule has 1 fully saturated rings. The Hall–Kier alpha value is -4.02. The van der Waals surface area contributed by atoms with E-state index in [9.17, 15) is 18.6 Å². The number of benzene rings is 3. The third-order valence-electron chi connectivity index (χ3n) is 6.81. The molecule has 216 valence electrons. The highest BCUT2D eigenvalue weighted by atomic mass is 32.2. The molecule has 4 N–H and O–H groups in total. The third kappa shape index (κ3) is 8.99. The molecule has 1 saturated carbocycles. The van der Waals surface area contributed by atoms with Crippen molar-refractivity contribution >= 4 is 34.4 Å². The van der Waals surface area contributed by atoms with Gasteiger partial charge in [0.05, 0.1) is 16.6 Å². The van der Waals surface area contributed by atoms with E-state index in [0.717, 1.165) is 5.56 Å². The average molecular weight is 576 g/mol. The standard InChI is InChI=1S/C31H37N5O4S/c1-22(29(37)34-21-24-13-14-24)32-15-16-33-30(38)25-17-26(31(39)35-20-23-9-5-3-6-10-23)19-27(18-25)36(2)41(40)28-11-7-4-8-12-28/h3-12,17-19,22,24,32H,13-16,20-21H2,1-2H3,(H,33,38)(H,34,37)(H,35,39)/t22-,41?/m0/s1. The van der Waals surface area contributed by atoms with Crippen molar-refractivity contribution in [3.8, 4) is 0 Å². The van der Waals surface area contributed by atoms with Gasteiger partial charge in [-0.25, -0.2) is 4.21 Å². The zero-order valence-corrected chi connectivity index (χ0v) is 24.2. The lowest BCUT2D eigenvalue weighted by Crippen LogP contribution is -2.45. The van der Waals surface area contributed by atoms with Crippen LogP contribution in [0.5, 0.6) is 0 Å². The fourth-order valence-corrected chi connectivity index (χ4v) is 5.11. The Labute approximate surface area is 243 Å². The molecule has 4 rings (SSSR count). The number of hydrogen-bond acceptors (Lipinski definition) is 5. The molecule has 2 atom stereocenters. The summed E-state index contributed by atoms with van der Waals surface area (Å²) in [4.78, 5) is 39.1. The molecule has 0 bridgehead atoms. The molecule has 3 aromatic carbocycles. The van der Waals surface area contributed by atoms with Gasteiger partial charge in [0.15, 0.2) is 11.0 Å². The van der Waals surface area contributed by atoms with E-state index in [1.165, 1.54) is 23.2 Å². The van der Waals surface area contributed by atoms with Crippen LogP contribution >= 0.6 is 0 Å². The van der Waals surface area contributed by atoms with E-state index in [2.05, 4.69) is 21.3 Å². The molecule has 1 aliphatic rings. The quantitative estimate of drug-likeness (QED) is 0.220. The Morgan fingerprint density at radius 3 is 2.10 bits per heavy atom. The van der Waals surface area contributed by atoms with Crippen molar-refractivity contribution in [3.05, 3.63) is 95.6 Å². The Kier molecular flexibility index (Phi) is 10.6. The van der Waals surface area contributed by atoms with Crippen LogP contribution in [0.1, 0.15) is 46.0 Å². The second-order valence-corrected chi connectivity index (χ2v) is 11.6. The predicted octanol–water partition coefficient (Wildman–Crippen LogP) is 3.01. The summed E-state index contributed by atoms with van der Waals surface area (Å²) in [6.07, 6.45) is 2.34. The number of amides is 3. The van der Waals surface area contributed by atoms with Gasteiger partial charge < -0.3 is 21.3 Å². The zero-order chi connectivity index (χ0) is 29.2. The van der Waals surface area contributed by atoms with E-state index in [1.54, 1.807) is 50.4 Å². The number of nitrogens with zero attached hydrogens (tertiary/aromatic N) is 1. The molecule has 0 radical (unpaired) electrons. The maximum absolute atomic E-state index is 13.2. The van der Waals surface area contributed by atoms with Crippen molar-refractivity contribution in [1.82, 2.24) is 21.3 Å². The second kappa shape index (κ2) is 14.6. The van der Waals surface area contributed by atoms with E-state index < -0.39 is 11.0 Å². The SMILES string of the molecule is C[C@H](NCCNC(=O)c1cc(C(=O)NCc2ccccc2)cc(N(C)S(=O)c2ccccc2)c1)C(=O)NCC1CC1. The maximum atomic E-state index is 13.2. The van der Waals surface area contributed by atoms with Crippen LogP contribution in [-0.2, 0) is 22.3 Å². The number of rotatable bonds is 14. The highest BCUT2D eigenvalue weighted by Crippen LogP contribution is 2.27. The van der Waals surface area contributed by atoms with Gasteiger partial charge in [-0.15, -0.1) is 0 Å². The van der Waals surface area contributed by atoms with Gasteiger partial charge in [-0.2, -0.15) is 0 Å². The van der Waals surface area contributed by atoms with E-state index >= 15 is 0 Å². The zero-order valence-electron chi connectivity index (χ0n) is 23.4. The van der Waals surface area contributed by atoms with Gasteiger partial charge >= 0.3 is 0 Å². The normalized spacial score (nSPS) is 14.0. The highest BCUT2D eigenvalue weighted by Gasteiger charge is 2.23. The van der Waals surface area contributed by atoms with E-state index in [1.807, 2.05) is 36.4 Å². The average Bonchev–Trinajstić information content (AvgIpc) is 3.85. The van der Waals surface area contributed by atoms with E-state index in [0.29, 0.717) is 36.1 Å². The van der Waals surface area contributed by atoms with Gasteiger partial charge in [0.1, 0.15) is 0 Å². The minimum absolute atomic E-state index is 0.0588. The minimum atomic E-state index is -1.55. The Balaban J connectivity index is 1.43. The van der Waals surface area contributed by atoms with Gasteiger partial charge in [0, 0.05) is 44.4 Å². The van der Waals surface area contributed by atoms with Crippen LogP contribution in [0, 0.1) is 5.92 Å². The molecule has 0 heterocycles. The van der Waals surface area contributed by atoms with Gasteiger partial charge in [-0.05, 0) is 61.6 Å². The number of hydrogen-bond donors (Lipinski definition) is 4. The monoisotopic (exact) mass is 575 g/mol. The summed E-state index contributed by atoms with van der Waals surface area (Å²) in [5.41, 5.74) is 1.95. The number of anilines is 1. The molecule has 1 aliphatic carbocycles. The largest absolute Gasteiger partial charge is 0.354 e. The van der Waals surface area contributed by atoms with Crippen molar-refractivity contribution in [1.29, 1.82) is 0 Å². The molecule has 0 aromatic heterocycles.